The van der Waals surface area contributed by atoms with Crippen LogP contribution in [0.3, 0.4) is 0 Å². The van der Waals surface area contributed by atoms with E-state index in [2.05, 4.69) is 21.1 Å². The number of nitrogens with zero attached hydrogens (tertiary/aromatic N) is 4. The summed E-state index contributed by atoms with van der Waals surface area (Å²) < 4.78 is 0. The maximum absolute atomic E-state index is 11.8. The number of hydrogen-bond acceptors (Lipinski definition) is 8. The largest absolute Gasteiger partial charge is 0.273 e. The van der Waals surface area contributed by atoms with Gasteiger partial charge in [-0.1, -0.05) is 23.2 Å². The van der Waals surface area contributed by atoms with E-state index >= 15 is 0 Å². The van der Waals surface area contributed by atoms with Crippen molar-refractivity contribution in [1.29, 1.82) is 0 Å². The van der Waals surface area contributed by atoms with Gasteiger partial charge < -0.3 is 0 Å². The van der Waals surface area contributed by atoms with Crippen LogP contribution >= 0.6 is 23.2 Å². The third-order valence-corrected chi connectivity index (χ3v) is 4.43. The maximum Gasteiger partial charge on any atom is 0.270 e. The van der Waals surface area contributed by atoms with Gasteiger partial charge in [0.05, 0.1) is 22.3 Å². The van der Waals surface area contributed by atoms with Crippen molar-refractivity contribution in [2.75, 3.05) is 0 Å². The first-order valence-corrected chi connectivity index (χ1v) is 9.44. The van der Waals surface area contributed by atoms with E-state index < -0.39 is 21.7 Å². The molecule has 2 N–H and O–H groups in total. The van der Waals surface area contributed by atoms with E-state index in [1.165, 1.54) is 36.4 Å². The summed E-state index contributed by atoms with van der Waals surface area (Å²) >= 11 is 11.8. The molecule has 2 aromatic carbocycles. The lowest BCUT2D eigenvalue weighted by molar-refractivity contribution is -0.385. The fourth-order valence-electron chi connectivity index (χ4n) is 2.17. The molecule has 0 aliphatic carbocycles. The van der Waals surface area contributed by atoms with Gasteiger partial charge >= 0.3 is 0 Å². The number of hydrazone groups is 2. The molecule has 0 unspecified atom stereocenters. The topological polar surface area (TPSA) is 169 Å². The summed E-state index contributed by atoms with van der Waals surface area (Å²) in [5.74, 6) is -1.19. The number of rotatable bonds is 9. The molecular weight excluding hydrogens is 467 g/mol. The Bertz CT molecular complexity index is 1030. The van der Waals surface area contributed by atoms with Crippen LogP contribution in [0.15, 0.2) is 46.6 Å². The average molecular weight is 481 g/mol. The van der Waals surface area contributed by atoms with Crippen molar-refractivity contribution in [3.8, 4) is 0 Å². The van der Waals surface area contributed by atoms with Crippen molar-refractivity contribution in [2.24, 2.45) is 10.2 Å². The Balaban J connectivity index is 1.82. The van der Waals surface area contributed by atoms with Gasteiger partial charge in [0, 0.05) is 58.3 Å². The number of nitrogens with one attached hydrogen (secondary N) is 2. The second kappa shape index (κ2) is 11.5. The standard InChI is InChI=1S/C18H14Cl2N6O6/c19-15-3-1-13(25(29)30)7-11(15)9-21-23-17(27)5-6-18(28)24-22-10-12-8-14(26(31)32)2-4-16(12)20/h1-4,7-10H,5-6H2,(H,23,27)(H,24,28)/b21-9-,22-10-. The number of carbonyl (C=O) groups excluding carboxylic acids is 2. The normalized spacial score (nSPS) is 10.9. The minimum Gasteiger partial charge on any atom is -0.273 e. The predicted octanol–water partition coefficient (Wildman–Crippen LogP) is 3.19. The van der Waals surface area contributed by atoms with Gasteiger partial charge in [0.1, 0.15) is 0 Å². The Kier molecular flexibility index (Phi) is 8.74. The molecular formula is C18H14Cl2N6O6. The lowest BCUT2D eigenvalue weighted by Crippen LogP contribution is -2.22. The third-order valence-electron chi connectivity index (χ3n) is 3.75. The van der Waals surface area contributed by atoms with Crippen molar-refractivity contribution in [3.05, 3.63) is 77.8 Å². The van der Waals surface area contributed by atoms with Gasteiger partial charge in [0.2, 0.25) is 11.8 Å². The SMILES string of the molecule is O=C(CCC(=O)N/N=C\c1cc([N+](=O)[O-])ccc1Cl)N/N=C\c1cc([N+](=O)[O-])ccc1Cl. The Hall–Kier alpha value is -3.90. The van der Waals surface area contributed by atoms with Gasteiger partial charge in [0.25, 0.3) is 11.4 Å². The Labute approximate surface area is 190 Å². The highest BCUT2D eigenvalue weighted by atomic mass is 35.5. The van der Waals surface area contributed by atoms with Crippen LogP contribution in [0.5, 0.6) is 0 Å². The van der Waals surface area contributed by atoms with Gasteiger partial charge in [-0.25, -0.2) is 10.9 Å². The molecule has 32 heavy (non-hydrogen) atoms. The summed E-state index contributed by atoms with van der Waals surface area (Å²) in [6.45, 7) is 0. The molecule has 0 heterocycles. The number of amides is 2. The molecule has 0 atom stereocenters. The molecule has 12 nitrogen and oxygen atoms in total. The summed E-state index contributed by atoms with van der Waals surface area (Å²) in [5.41, 5.74) is 4.42. The molecule has 2 rings (SSSR count). The number of hydrogen-bond donors (Lipinski definition) is 2. The molecule has 0 saturated carbocycles. The van der Waals surface area contributed by atoms with Gasteiger partial charge in [-0.05, 0) is 12.1 Å². The molecule has 0 fully saturated rings. The molecule has 0 saturated heterocycles. The van der Waals surface area contributed by atoms with E-state index in [-0.39, 0.29) is 45.4 Å². The van der Waals surface area contributed by atoms with Crippen LogP contribution in [0.4, 0.5) is 11.4 Å². The first kappa shape index (κ1) is 24.4. The van der Waals surface area contributed by atoms with E-state index in [0.29, 0.717) is 0 Å². The summed E-state index contributed by atoms with van der Waals surface area (Å²) in [6, 6.07) is 7.50. The Morgan fingerprint density at radius 3 is 1.53 bits per heavy atom. The van der Waals surface area contributed by atoms with E-state index in [4.69, 9.17) is 23.2 Å². The second-order valence-electron chi connectivity index (χ2n) is 6.01. The number of nitro groups is 2. The highest BCUT2D eigenvalue weighted by Crippen LogP contribution is 2.21. The van der Waals surface area contributed by atoms with Crippen LogP contribution < -0.4 is 10.9 Å². The monoisotopic (exact) mass is 480 g/mol. The van der Waals surface area contributed by atoms with Crippen molar-refractivity contribution in [1.82, 2.24) is 10.9 Å². The average Bonchev–Trinajstić information content (AvgIpc) is 2.74. The zero-order chi connectivity index (χ0) is 23.7. The lowest BCUT2D eigenvalue weighted by atomic mass is 10.2. The fourth-order valence-corrected chi connectivity index (χ4v) is 2.51. The number of nitro benzene ring substituents is 2. The quantitative estimate of drug-likeness (QED) is 0.317. The molecule has 0 radical (unpaired) electrons. The second-order valence-corrected chi connectivity index (χ2v) is 6.83. The highest BCUT2D eigenvalue weighted by molar-refractivity contribution is 6.33. The molecule has 2 aromatic rings. The van der Waals surface area contributed by atoms with Gasteiger partial charge in [-0.15, -0.1) is 0 Å². The first-order valence-electron chi connectivity index (χ1n) is 8.69. The Morgan fingerprint density at radius 2 is 1.19 bits per heavy atom. The minimum absolute atomic E-state index is 0.189. The van der Waals surface area contributed by atoms with Crippen molar-refractivity contribution in [3.63, 3.8) is 0 Å². The number of non-ortho nitro benzene ring substituents is 2. The van der Waals surface area contributed by atoms with Crippen LogP contribution in [-0.4, -0.2) is 34.1 Å². The van der Waals surface area contributed by atoms with Crippen molar-refractivity contribution in [2.45, 2.75) is 12.8 Å². The van der Waals surface area contributed by atoms with E-state index in [1.807, 2.05) is 0 Å². The predicted molar refractivity (Wildman–Crippen MR) is 117 cm³/mol. The van der Waals surface area contributed by atoms with Gasteiger partial charge in [-0.2, -0.15) is 10.2 Å². The maximum atomic E-state index is 11.8. The van der Waals surface area contributed by atoms with Gasteiger partial charge in [0.15, 0.2) is 0 Å². The number of benzene rings is 2. The minimum atomic E-state index is -0.597. The molecule has 0 aromatic heterocycles. The molecule has 0 spiro atoms. The van der Waals surface area contributed by atoms with Crippen LogP contribution in [0.2, 0.25) is 10.0 Å². The highest BCUT2D eigenvalue weighted by Gasteiger charge is 2.10. The van der Waals surface area contributed by atoms with Crippen molar-refractivity contribution >= 4 is 58.8 Å². The van der Waals surface area contributed by atoms with Gasteiger partial charge in [-0.3, -0.25) is 29.8 Å². The number of carbonyl (C=O) groups is 2. The van der Waals surface area contributed by atoms with Crippen LogP contribution in [0, 0.1) is 20.2 Å². The van der Waals surface area contributed by atoms with E-state index in [0.717, 1.165) is 12.4 Å². The Morgan fingerprint density at radius 1 is 0.812 bits per heavy atom. The number of halogens is 2. The van der Waals surface area contributed by atoms with Crippen LogP contribution in [0.25, 0.3) is 0 Å². The summed E-state index contributed by atoms with van der Waals surface area (Å²) in [7, 11) is 0. The van der Waals surface area contributed by atoms with E-state index in [1.54, 1.807) is 0 Å². The van der Waals surface area contributed by atoms with Crippen LogP contribution in [-0.2, 0) is 9.59 Å². The first-order chi connectivity index (χ1) is 15.2. The van der Waals surface area contributed by atoms with E-state index in [9.17, 15) is 29.8 Å². The lowest BCUT2D eigenvalue weighted by Gasteiger charge is -2.01. The molecule has 166 valence electrons. The zero-order valence-electron chi connectivity index (χ0n) is 16.0. The smallest absolute Gasteiger partial charge is 0.270 e. The third kappa shape index (κ3) is 7.41. The molecule has 14 heteroatoms. The molecule has 0 aliphatic rings. The molecule has 2 amide bonds. The van der Waals surface area contributed by atoms with Crippen LogP contribution in [0.1, 0.15) is 24.0 Å². The summed E-state index contributed by atoms with van der Waals surface area (Å²) in [6.07, 6.45) is 1.83. The molecule has 0 aliphatic heterocycles. The molecule has 0 bridgehead atoms. The summed E-state index contributed by atoms with van der Waals surface area (Å²) in [5, 5.41) is 29.3. The fraction of sp³-hybridized carbons (Fsp3) is 0.111. The zero-order valence-corrected chi connectivity index (χ0v) is 17.5. The van der Waals surface area contributed by atoms with Crippen molar-refractivity contribution < 1.29 is 19.4 Å². The summed E-state index contributed by atoms with van der Waals surface area (Å²) in [4.78, 5) is 43.9.